The molecule has 2 aromatic carbocycles. The van der Waals surface area contributed by atoms with Gasteiger partial charge in [0.2, 0.25) is 11.8 Å². The second kappa shape index (κ2) is 9.02. The minimum Gasteiger partial charge on any atom is -0.325 e. The molecular formula is C21H26ClN3O2. The molecule has 0 spiro atoms. The van der Waals surface area contributed by atoms with Crippen LogP contribution in [0.2, 0.25) is 5.02 Å². The monoisotopic (exact) mass is 387 g/mol. The van der Waals surface area contributed by atoms with Crippen molar-refractivity contribution in [1.82, 2.24) is 4.90 Å². The van der Waals surface area contributed by atoms with Crippen LogP contribution in [0.4, 0.5) is 11.4 Å². The fraction of sp³-hybridized carbons (Fsp3) is 0.333. The van der Waals surface area contributed by atoms with Gasteiger partial charge in [-0.25, -0.2) is 0 Å². The average Bonchev–Trinajstić information content (AvgIpc) is 2.57. The lowest BCUT2D eigenvalue weighted by Crippen LogP contribution is -2.43. The Morgan fingerprint density at radius 1 is 1.07 bits per heavy atom. The number of benzene rings is 2. The van der Waals surface area contributed by atoms with E-state index < -0.39 is 6.04 Å². The quantitative estimate of drug-likeness (QED) is 0.782. The molecule has 27 heavy (non-hydrogen) atoms. The van der Waals surface area contributed by atoms with Gasteiger partial charge in [-0.05, 0) is 64.1 Å². The van der Waals surface area contributed by atoms with Crippen molar-refractivity contribution < 1.29 is 9.59 Å². The molecule has 0 radical (unpaired) electrons. The van der Waals surface area contributed by atoms with Gasteiger partial charge in [0.05, 0.1) is 12.6 Å². The smallest absolute Gasteiger partial charge is 0.241 e. The van der Waals surface area contributed by atoms with E-state index in [9.17, 15) is 9.59 Å². The number of nitrogens with one attached hydrogen (secondary N) is 2. The zero-order chi connectivity index (χ0) is 20.1. The number of likely N-dealkylation sites (N-methyl/N-ethyl adjacent to an activating group) is 1. The van der Waals surface area contributed by atoms with Gasteiger partial charge in [0, 0.05) is 16.4 Å². The van der Waals surface area contributed by atoms with E-state index in [1.54, 1.807) is 43.1 Å². The summed E-state index contributed by atoms with van der Waals surface area (Å²) in [7, 11) is 1.75. The van der Waals surface area contributed by atoms with Crippen LogP contribution < -0.4 is 10.6 Å². The van der Waals surface area contributed by atoms with Gasteiger partial charge in [-0.2, -0.15) is 0 Å². The number of hydrogen-bond donors (Lipinski definition) is 2. The van der Waals surface area contributed by atoms with Crippen LogP contribution in [0.15, 0.2) is 36.4 Å². The van der Waals surface area contributed by atoms with Crippen molar-refractivity contribution in [3.8, 4) is 0 Å². The normalized spacial score (nSPS) is 12.0. The molecule has 0 aromatic heterocycles. The summed E-state index contributed by atoms with van der Waals surface area (Å²) in [5, 5.41) is 6.32. The maximum atomic E-state index is 12.4. The highest BCUT2D eigenvalue weighted by atomic mass is 35.5. The number of anilines is 2. The van der Waals surface area contributed by atoms with E-state index in [1.807, 2.05) is 32.9 Å². The fourth-order valence-electron chi connectivity index (χ4n) is 2.93. The summed E-state index contributed by atoms with van der Waals surface area (Å²) in [6.07, 6.45) is 0. The second-order valence-corrected chi connectivity index (χ2v) is 7.35. The molecule has 1 unspecified atom stereocenters. The molecule has 0 heterocycles. The number of hydrogen-bond acceptors (Lipinski definition) is 3. The summed E-state index contributed by atoms with van der Waals surface area (Å²) < 4.78 is 0. The van der Waals surface area contributed by atoms with Crippen molar-refractivity contribution in [2.75, 3.05) is 24.2 Å². The molecular weight excluding hydrogens is 362 g/mol. The van der Waals surface area contributed by atoms with E-state index in [4.69, 9.17) is 11.6 Å². The summed E-state index contributed by atoms with van der Waals surface area (Å²) in [4.78, 5) is 26.6. The standard InChI is InChI=1S/C21H26ClN3O2/c1-13-9-14(2)20(15(3)10-13)24-19(26)12-25(5)16(4)21(27)23-18-8-6-7-17(22)11-18/h6-11,16H,12H2,1-5H3,(H,23,27)(H,24,26). The first kappa shape index (κ1) is 20.9. The maximum Gasteiger partial charge on any atom is 0.241 e. The largest absolute Gasteiger partial charge is 0.325 e. The van der Waals surface area contributed by atoms with Gasteiger partial charge in [-0.1, -0.05) is 35.4 Å². The summed E-state index contributed by atoms with van der Waals surface area (Å²) in [6.45, 7) is 7.84. The zero-order valence-corrected chi connectivity index (χ0v) is 17.1. The number of halogens is 1. The molecule has 0 aliphatic carbocycles. The van der Waals surface area contributed by atoms with E-state index in [2.05, 4.69) is 10.6 Å². The van der Waals surface area contributed by atoms with E-state index in [0.717, 1.165) is 22.4 Å². The predicted octanol–water partition coefficient (Wildman–Crippen LogP) is 4.16. The Hall–Kier alpha value is -2.37. The molecule has 0 fully saturated rings. The molecule has 2 aromatic rings. The number of aryl methyl sites for hydroxylation is 3. The van der Waals surface area contributed by atoms with E-state index in [-0.39, 0.29) is 18.4 Å². The molecule has 2 N–H and O–H groups in total. The van der Waals surface area contributed by atoms with Crippen LogP contribution in [-0.2, 0) is 9.59 Å². The summed E-state index contributed by atoms with van der Waals surface area (Å²) >= 11 is 5.94. The molecule has 1 atom stereocenters. The number of carbonyl (C=O) groups is 2. The molecule has 2 amide bonds. The Morgan fingerprint density at radius 2 is 1.70 bits per heavy atom. The molecule has 0 saturated heterocycles. The summed E-state index contributed by atoms with van der Waals surface area (Å²) in [5.41, 5.74) is 4.66. The van der Waals surface area contributed by atoms with Crippen molar-refractivity contribution >= 4 is 34.8 Å². The van der Waals surface area contributed by atoms with E-state index in [0.29, 0.717) is 10.7 Å². The third-order valence-corrected chi connectivity index (χ3v) is 4.70. The fourth-order valence-corrected chi connectivity index (χ4v) is 3.12. The SMILES string of the molecule is Cc1cc(C)c(NC(=O)CN(C)C(C)C(=O)Nc2cccc(Cl)c2)c(C)c1. The van der Waals surface area contributed by atoms with Crippen LogP contribution in [0.1, 0.15) is 23.6 Å². The van der Waals surface area contributed by atoms with Gasteiger partial charge < -0.3 is 10.6 Å². The minimum atomic E-state index is -0.477. The molecule has 0 bridgehead atoms. The Balaban J connectivity index is 1.96. The topological polar surface area (TPSA) is 61.4 Å². The van der Waals surface area contributed by atoms with Crippen molar-refractivity contribution in [1.29, 1.82) is 0 Å². The average molecular weight is 388 g/mol. The van der Waals surface area contributed by atoms with Gasteiger partial charge in [0.1, 0.15) is 0 Å². The second-order valence-electron chi connectivity index (χ2n) is 6.91. The first-order valence-electron chi connectivity index (χ1n) is 8.81. The van der Waals surface area contributed by atoms with Crippen molar-refractivity contribution in [2.24, 2.45) is 0 Å². The van der Waals surface area contributed by atoms with Gasteiger partial charge >= 0.3 is 0 Å². The highest BCUT2D eigenvalue weighted by Gasteiger charge is 2.21. The van der Waals surface area contributed by atoms with Crippen LogP contribution >= 0.6 is 11.6 Å². The first-order chi connectivity index (χ1) is 12.7. The summed E-state index contributed by atoms with van der Waals surface area (Å²) in [6, 6.07) is 10.6. The van der Waals surface area contributed by atoms with Crippen LogP contribution in [0, 0.1) is 20.8 Å². The zero-order valence-electron chi connectivity index (χ0n) is 16.4. The molecule has 0 aliphatic rings. The minimum absolute atomic E-state index is 0.108. The van der Waals surface area contributed by atoms with Gasteiger partial charge in [0.15, 0.2) is 0 Å². The van der Waals surface area contributed by atoms with Gasteiger partial charge in [-0.15, -0.1) is 0 Å². The molecule has 5 nitrogen and oxygen atoms in total. The Kier molecular flexibility index (Phi) is 6.99. The summed E-state index contributed by atoms with van der Waals surface area (Å²) in [5.74, 6) is -0.356. The highest BCUT2D eigenvalue weighted by Crippen LogP contribution is 2.22. The van der Waals surface area contributed by atoms with Crippen molar-refractivity contribution in [3.63, 3.8) is 0 Å². The number of nitrogens with zero attached hydrogens (tertiary/aromatic N) is 1. The van der Waals surface area contributed by atoms with Crippen LogP contribution in [0.25, 0.3) is 0 Å². The van der Waals surface area contributed by atoms with Crippen molar-refractivity contribution in [3.05, 3.63) is 58.1 Å². The van der Waals surface area contributed by atoms with Gasteiger partial charge in [-0.3, -0.25) is 14.5 Å². The lowest BCUT2D eigenvalue weighted by molar-refractivity contribution is -0.122. The van der Waals surface area contributed by atoms with Crippen LogP contribution in [0.5, 0.6) is 0 Å². The highest BCUT2D eigenvalue weighted by molar-refractivity contribution is 6.30. The van der Waals surface area contributed by atoms with Gasteiger partial charge in [0.25, 0.3) is 0 Å². The maximum absolute atomic E-state index is 12.4. The molecule has 6 heteroatoms. The van der Waals surface area contributed by atoms with Crippen molar-refractivity contribution in [2.45, 2.75) is 33.7 Å². The number of amides is 2. The third-order valence-electron chi connectivity index (χ3n) is 4.47. The Morgan fingerprint density at radius 3 is 2.30 bits per heavy atom. The molecule has 0 aliphatic heterocycles. The van der Waals surface area contributed by atoms with E-state index in [1.165, 1.54) is 0 Å². The van der Waals surface area contributed by atoms with E-state index >= 15 is 0 Å². The molecule has 2 rings (SSSR count). The predicted molar refractivity (Wildman–Crippen MR) is 111 cm³/mol. The first-order valence-corrected chi connectivity index (χ1v) is 9.19. The third kappa shape index (κ3) is 5.81. The molecule has 0 saturated carbocycles. The lowest BCUT2D eigenvalue weighted by atomic mass is 10.1. The number of rotatable bonds is 6. The lowest BCUT2D eigenvalue weighted by Gasteiger charge is -2.24. The molecule has 144 valence electrons. The number of carbonyl (C=O) groups excluding carboxylic acids is 2. The van der Waals surface area contributed by atoms with Crippen LogP contribution in [0.3, 0.4) is 0 Å². The Labute approximate surface area is 165 Å². The van der Waals surface area contributed by atoms with Crippen LogP contribution in [-0.4, -0.2) is 36.3 Å². The Bertz CT molecular complexity index is 828.